The maximum Gasteiger partial charge on any atom is 0.234 e. The molecule has 0 atom stereocenters. The van der Waals surface area contributed by atoms with Gasteiger partial charge in [0.1, 0.15) is 11.3 Å². The van der Waals surface area contributed by atoms with E-state index in [4.69, 9.17) is 5.11 Å². The van der Waals surface area contributed by atoms with Crippen molar-refractivity contribution in [1.29, 1.82) is 0 Å². The van der Waals surface area contributed by atoms with Crippen LogP contribution in [0.2, 0.25) is 0 Å². The number of aliphatic hydroxyl groups is 1. The van der Waals surface area contributed by atoms with Gasteiger partial charge >= 0.3 is 0 Å². The second-order valence-electron chi connectivity index (χ2n) is 4.56. The molecule has 100 valence electrons. The van der Waals surface area contributed by atoms with E-state index in [9.17, 15) is 4.79 Å². The summed E-state index contributed by atoms with van der Waals surface area (Å²) in [5, 5.41) is 11.8. The van der Waals surface area contributed by atoms with Crippen molar-refractivity contribution in [3.8, 4) is 0 Å². The summed E-state index contributed by atoms with van der Waals surface area (Å²) in [4.78, 5) is 17.1. The Balaban J connectivity index is 2.10. The lowest BCUT2D eigenvalue weighted by Crippen LogP contribution is -2.18. The number of anilines is 1. The van der Waals surface area contributed by atoms with E-state index in [1.54, 1.807) is 0 Å². The molecule has 0 unspecified atom stereocenters. The number of rotatable bonds is 3. The average Bonchev–Trinajstić information content (AvgIpc) is 2.73. The number of fused-ring (bicyclic) bond motifs is 3. The molecule has 19 heavy (non-hydrogen) atoms. The summed E-state index contributed by atoms with van der Waals surface area (Å²) >= 11 is 1.53. The number of benzene rings is 1. The van der Waals surface area contributed by atoms with Crippen LogP contribution in [0.1, 0.15) is 12.2 Å². The highest BCUT2D eigenvalue weighted by Crippen LogP contribution is 2.37. The van der Waals surface area contributed by atoms with E-state index in [0.29, 0.717) is 12.2 Å². The van der Waals surface area contributed by atoms with Gasteiger partial charge in [-0.2, -0.15) is 0 Å². The van der Waals surface area contributed by atoms with Crippen LogP contribution in [0, 0.1) is 0 Å². The number of hydrogen-bond donors (Lipinski definition) is 2. The third-order valence-corrected chi connectivity index (χ3v) is 4.39. The van der Waals surface area contributed by atoms with E-state index >= 15 is 0 Å². The molecule has 1 aromatic heterocycles. The van der Waals surface area contributed by atoms with Gasteiger partial charge in [-0.1, -0.05) is 0 Å². The molecule has 0 aliphatic carbocycles. The average molecular weight is 277 g/mol. The van der Waals surface area contributed by atoms with Crippen LogP contribution < -0.4 is 5.32 Å². The van der Waals surface area contributed by atoms with Crippen molar-refractivity contribution in [2.24, 2.45) is 7.05 Å². The first kappa shape index (κ1) is 12.5. The molecule has 0 radical (unpaired) electrons. The van der Waals surface area contributed by atoms with Crippen LogP contribution in [-0.4, -0.2) is 32.9 Å². The lowest BCUT2D eigenvalue weighted by molar-refractivity contribution is -0.113. The van der Waals surface area contributed by atoms with Gasteiger partial charge in [-0.15, -0.1) is 11.8 Å². The number of carbonyl (C=O) groups excluding carboxylic acids is 1. The summed E-state index contributed by atoms with van der Waals surface area (Å²) in [6.45, 7) is 0.173. The Hall–Kier alpha value is -1.53. The fourth-order valence-electron chi connectivity index (χ4n) is 2.31. The van der Waals surface area contributed by atoms with Crippen molar-refractivity contribution in [1.82, 2.24) is 9.55 Å². The molecule has 0 bridgehead atoms. The Morgan fingerprint density at radius 1 is 1.53 bits per heavy atom. The van der Waals surface area contributed by atoms with Crippen LogP contribution in [0.15, 0.2) is 17.0 Å². The van der Waals surface area contributed by atoms with E-state index in [2.05, 4.69) is 14.9 Å². The van der Waals surface area contributed by atoms with Gasteiger partial charge in [0, 0.05) is 20.1 Å². The third-order valence-electron chi connectivity index (χ3n) is 3.28. The zero-order chi connectivity index (χ0) is 13.4. The van der Waals surface area contributed by atoms with E-state index in [1.807, 2.05) is 19.2 Å². The molecule has 0 saturated carbocycles. The number of aromatic nitrogens is 2. The molecule has 0 spiro atoms. The van der Waals surface area contributed by atoms with Crippen LogP contribution in [0.25, 0.3) is 11.0 Å². The normalized spacial score (nSPS) is 14.5. The van der Waals surface area contributed by atoms with Crippen LogP contribution in [0.5, 0.6) is 0 Å². The number of hydrogen-bond acceptors (Lipinski definition) is 4. The van der Waals surface area contributed by atoms with Gasteiger partial charge in [0.2, 0.25) is 5.91 Å². The predicted octanol–water partition coefficient (Wildman–Crippen LogP) is 1.54. The quantitative estimate of drug-likeness (QED) is 0.893. The van der Waals surface area contributed by atoms with Crippen molar-refractivity contribution in [3.05, 3.63) is 18.0 Å². The second kappa shape index (κ2) is 4.86. The molecule has 5 nitrogen and oxygen atoms in total. The van der Waals surface area contributed by atoms with Gasteiger partial charge in [-0.25, -0.2) is 4.98 Å². The first-order valence-corrected chi connectivity index (χ1v) is 7.21. The van der Waals surface area contributed by atoms with Crippen molar-refractivity contribution >= 4 is 34.4 Å². The van der Waals surface area contributed by atoms with Crippen LogP contribution in [0.3, 0.4) is 0 Å². The lowest BCUT2D eigenvalue weighted by atomic mass is 10.2. The lowest BCUT2D eigenvalue weighted by Gasteiger charge is -2.16. The zero-order valence-electron chi connectivity index (χ0n) is 10.6. The standard InChI is InChI=1S/C13H15N3O2S/c1-16-9-5-4-8-13(19-7-11(18)14-8)12(9)15-10(16)3-2-6-17/h4-5,17H,2-3,6-7H2,1H3,(H,14,18). The number of carbonyl (C=O) groups is 1. The number of aryl methyl sites for hydroxylation is 2. The first-order chi connectivity index (χ1) is 9.20. The van der Waals surface area contributed by atoms with Gasteiger partial charge in [0.05, 0.1) is 21.9 Å². The molecule has 2 heterocycles. The monoisotopic (exact) mass is 277 g/mol. The summed E-state index contributed by atoms with van der Waals surface area (Å²) in [6, 6.07) is 3.91. The Morgan fingerprint density at radius 2 is 2.37 bits per heavy atom. The number of thioether (sulfide) groups is 1. The third kappa shape index (κ3) is 2.11. The van der Waals surface area contributed by atoms with Crippen molar-refractivity contribution in [2.75, 3.05) is 17.7 Å². The molecule has 2 aromatic rings. The molecule has 1 aliphatic heterocycles. The molecular weight excluding hydrogens is 262 g/mol. The van der Waals surface area contributed by atoms with Gasteiger partial charge < -0.3 is 15.0 Å². The Labute approximate surface area is 115 Å². The highest BCUT2D eigenvalue weighted by atomic mass is 32.2. The topological polar surface area (TPSA) is 67.2 Å². The summed E-state index contributed by atoms with van der Waals surface area (Å²) in [5.74, 6) is 1.44. The van der Waals surface area contributed by atoms with Gasteiger partial charge in [-0.3, -0.25) is 4.79 Å². The van der Waals surface area contributed by atoms with Crippen LogP contribution in [0.4, 0.5) is 5.69 Å². The molecule has 0 saturated heterocycles. The zero-order valence-corrected chi connectivity index (χ0v) is 11.5. The summed E-state index contributed by atoms with van der Waals surface area (Å²) in [5.41, 5.74) is 2.86. The second-order valence-corrected chi connectivity index (χ2v) is 5.55. The van der Waals surface area contributed by atoms with Gasteiger partial charge in [0.25, 0.3) is 0 Å². The van der Waals surface area contributed by atoms with Gasteiger partial charge in [-0.05, 0) is 18.6 Å². The molecular formula is C13H15N3O2S. The van der Waals surface area contributed by atoms with Gasteiger partial charge in [0.15, 0.2) is 0 Å². The minimum absolute atomic E-state index is 0.0354. The highest BCUT2D eigenvalue weighted by Gasteiger charge is 2.20. The van der Waals surface area contributed by atoms with E-state index in [-0.39, 0.29) is 12.5 Å². The molecule has 0 fully saturated rings. The summed E-state index contributed by atoms with van der Waals surface area (Å²) < 4.78 is 2.06. The van der Waals surface area contributed by atoms with Crippen molar-refractivity contribution < 1.29 is 9.90 Å². The predicted molar refractivity (Wildman–Crippen MR) is 75.5 cm³/mol. The van der Waals surface area contributed by atoms with Crippen LogP contribution >= 0.6 is 11.8 Å². The Kier molecular flexibility index (Phi) is 3.20. The fourth-order valence-corrected chi connectivity index (χ4v) is 3.22. The van der Waals surface area contributed by atoms with Crippen molar-refractivity contribution in [2.45, 2.75) is 17.7 Å². The fraction of sp³-hybridized carbons (Fsp3) is 0.385. The number of imidazole rings is 1. The minimum atomic E-state index is 0.0354. The molecule has 1 aliphatic rings. The summed E-state index contributed by atoms with van der Waals surface area (Å²) in [7, 11) is 1.99. The highest BCUT2D eigenvalue weighted by molar-refractivity contribution is 8.00. The van der Waals surface area contributed by atoms with Crippen LogP contribution in [-0.2, 0) is 18.3 Å². The molecule has 1 aromatic carbocycles. The van der Waals surface area contributed by atoms with E-state index in [0.717, 1.165) is 33.9 Å². The van der Waals surface area contributed by atoms with E-state index in [1.165, 1.54) is 11.8 Å². The number of nitrogens with one attached hydrogen (secondary N) is 1. The molecule has 1 amide bonds. The number of aliphatic hydroxyl groups excluding tert-OH is 1. The first-order valence-electron chi connectivity index (χ1n) is 6.22. The maximum absolute atomic E-state index is 11.4. The molecule has 3 rings (SSSR count). The van der Waals surface area contributed by atoms with E-state index < -0.39 is 0 Å². The SMILES string of the molecule is Cn1c(CCCO)nc2c3c(ccc21)NC(=O)CS3. The smallest absolute Gasteiger partial charge is 0.234 e. The van der Waals surface area contributed by atoms with Crippen molar-refractivity contribution in [3.63, 3.8) is 0 Å². The molecule has 2 N–H and O–H groups in total. The number of amides is 1. The largest absolute Gasteiger partial charge is 0.396 e. The Bertz CT molecular complexity index is 651. The Morgan fingerprint density at radius 3 is 3.16 bits per heavy atom. The summed E-state index contributed by atoms with van der Waals surface area (Å²) in [6.07, 6.45) is 1.47. The number of nitrogens with zero attached hydrogens (tertiary/aromatic N) is 2. The maximum atomic E-state index is 11.4. The minimum Gasteiger partial charge on any atom is -0.396 e. The molecule has 6 heteroatoms.